The number of esters is 1. The Balaban J connectivity index is 2.45. The van der Waals surface area contributed by atoms with Crippen molar-refractivity contribution in [3.63, 3.8) is 0 Å². The highest BCUT2D eigenvalue weighted by molar-refractivity contribution is 8.00. The van der Waals surface area contributed by atoms with Crippen LogP contribution in [0.3, 0.4) is 0 Å². The molecule has 0 heterocycles. The van der Waals surface area contributed by atoms with Crippen molar-refractivity contribution in [3.8, 4) is 11.8 Å². The molecular formula is C17H22O2S. The van der Waals surface area contributed by atoms with Gasteiger partial charge in [-0.25, -0.2) is 0 Å². The van der Waals surface area contributed by atoms with Crippen molar-refractivity contribution in [1.82, 2.24) is 0 Å². The first-order valence-electron chi connectivity index (χ1n) is 6.97. The van der Waals surface area contributed by atoms with Crippen molar-refractivity contribution < 1.29 is 9.53 Å². The van der Waals surface area contributed by atoms with E-state index in [1.165, 1.54) is 11.8 Å². The summed E-state index contributed by atoms with van der Waals surface area (Å²) < 4.78 is 5.45. The number of hydrogen-bond acceptors (Lipinski definition) is 3. The smallest absolute Gasteiger partial charge is 0.317 e. The Hall–Kier alpha value is -1.40. The van der Waals surface area contributed by atoms with Crippen LogP contribution in [0.1, 0.15) is 33.6 Å². The Morgan fingerprint density at radius 1 is 1.30 bits per heavy atom. The second-order valence-electron chi connectivity index (χ2n) is 4.88. The standard InChI is InChI=1S/C17H22O2S/c1-4-5-9-15(12-14(2)3)19-17(18)13-20-16-10-7-6-8-11-16/h6-8,10-11,14-15H,4,12-13H2,1-3H3. The molecule has 1 rings (SSSR count). The Labute approximate surface area is 126 Å². The van der Waals surface area contributed by atoms with Gasteiger partial charge in [-0.2, -0.15) is 0 Å². The van der Waals surface area contributed by atoms with Crippen LogP contribution in [0, 0.1) is 17.8 Å². The van der Waals surface area contributed by atoms with Gasteiger partial charge in [-0.1, -0.05) is 50.8 Å². The van der Waals surface area contributed by atoms with Crippen LogP contribution in [0.2, 0.25) is 0 Å². The van der Waals surface area contributed by atoms with E-state index in [2.05, 4.69) is 25.7 Å². The molecule has 2 nitrogen and oxygen atoms in total. The first-order chi connectivity index (χ1) is 9.61. The highest BCUT2D eigenvalue weighted by atomic mass is 32.2. The molecule has 108 valence electrons. The third-order valence-corrected chi connectivity index (χ3v) is 3.48. The van der Waals surface area contributed by atoms with Crippen LogP contribution < -0.4 is 0 Å². The summed E-state index contributed by atoms with van der Waals surface area (Å²) in [6.07, 6.45) is 1.29. The average Bonchev–Trinajstić information content (AvgIpc) is 2.43. The molecule has 0 N–H and O–H groups in total. The minimum absolute atomic E-state index is 0.199. The molecule has 0 aromatic heterocycles. The Bertz CT molecular complexity index is 457. The molecule has 0 radical (unpaired) electrons. The van der Waals surface area contributed by atoms with Gasteiger partial charge in [-0.3, -0.25) is 4.79 Å². The molecule has 0 saturated carbocycles. The summed E-state index contributed by atoms with van der Waals surface area (Å²) in [5.74, 6) is 6.61. The van der Waals surface area contributed by atoms with Gasteiger partial charge in [0, 0.05) is 11.3 Å². The Morgan fingerprint density at radius 3 is 2.60 bits per heavy atom. The first kappa shape index (κ1) is 16.7. The van der Waals surface area contributed by atoms with Crippen molar-refractivity contribution >= 4 is 17.7 Å². The van der Waals surface area contributed by atoms with Gasteiger partial charge < -0.3 is 4.74 Å². The minimum atomic E-state index is -0.279. The summed E-state index contributed by atoms with van der Waals surface area (Å²) in [6, 6.07) is 9.85. The molecule has 1 aromatic rings. The quantitative estimate of drug-likeness (QED) is 0.447. The average molecular weight is 290 g/mol. The predicted octanol–water partition coefficient (Wildman–Crippen LogP) is 4.15. The zero-order valence-corrected chi connectivity index (χ0v) is 13.2. The van der Waals surface area contributed by atoms with E-state index >= 15 is 0 Å². The lowest BCUT2D eigenvalue weighted by Crippen LogP contribution is -2.20. The maximum absolute atomic E-state index is 11.9. The van der Waals surface area contributed by atoms with Gasteiger partial charge >= 0.3 is 5.97 Å². The molecule has 0 bridgehead atoms. The van der Waals surface area contributed by atoms with Crippen LogP contribution in [0.5, 0.6) is 0 Å². The van der Waals surface area contributed by atoms with Crippen LogP contribution in [-0.4, -0.2) is 17.8 Å². The molecule has 3 heteroatoms. The maximum atomic E-state index is 11.9. The first-order valence-corrected chi connectivity index (χ1v) is 7.96. The number of thioether (sulfide) groups is 1. The highest BCUT2D eigenvalue weighted by Gasteiger charge is 2.13. The van der Waals surface area contributed by atoms with Crippen LogP contribution in [0.25, 0.3) is 0 Å². The third kappa shape index (κ3) is 7.25. The highest BCUT2D eigenvalue weighted by Crippen LogP contribution is 2.17. The van der Waals surface area contributed by atoms with E-state index in [4.69, 9.17) is 4.74 Å². The largest absolute Gasteiger partial charge is 0.449 e. The second kappa shape index (κ2) is 9.50. The van der Waals surface area contributed by atoms with E-state index < -0.39 is 0 Å². The van der Waals surface area contributed by atoms with Crippen molar-refractivity contribution in [3.05, 3.63) is 30.3 Å². The molecule has 1 unspecified atom stereocenters. The summed E-state index contributed by atoms with van der Waals surface area (Å²) >= 11 is 1.49. The van der Waals surface area contributed by atoms with E-state index in [-0.39, 0.29) is 12.1 Å². The van der Waals surface area contributed by atoms with Crippen LogP contribution >= 0.6 is 11.8 Å². The van der Waals surface area contributed by atoms with Gasteiger partial charge in [0.2, 0.25) is 0 Å². The van der Waals surface area contributed by atoms with Crippen molar-refractivity contribution in [1.29, 1.82) is 0 Å². The summed E-state index contributed by atoms with van der Waals surface area (Å²) in [6.45, 7) is 6.20. The molecule has 0 aliphatic carbocycles. The zero-order valence-electron chi connectivity index (χ0n) is 12.4. The van der Waals surface area contributed by atoms with Crippen LogP contribution in [0.15, 0.2) is 35.2 Å². The number of carbonyl (C=O) groups is 1. The van der Waals surface area contributed by atoms with E-state index in [9.17, 15) is 4.79 Å². The second-order valence-corrected chi connectivity index (χ2v) is 5.93. The van der Waals surface area contributed by atoms with Crippen molar-refractivity contribution in [2.45, 2.75) is 44.6 Å². The number of ether oxygens (including phenoxy) is 1. The molecule has 0 fully saturated rings. The summed E-state index contributed by atoms with van der Waals surface area (Å²) in [7, 11) is 0. The lowest BCUT2D eigenvalue weighted by Gasteiger charge is -2.14. The lowest BCUT2D eigenvalue weighted by atomic mass is 10.1. The summed E-state index contributed by atoms with van der Waals surface area (Å²) in [5, 5.41) is 0. The van der Waals surface area contributed by atoms with E-state index in [0.717, 1.165) is 17.7 Å². The molecule has 0 amide bonds. The normalized spacial score (nSPS) is 11.6. The molecule has 0 spiro atoms. The van der Waals surface area contributed by atoms with Gasteiger partial charge in [0.15, 0.2) is 6.10 Å². The fourth-order valence-corrected chi connectivity index (χ4v) is 2.33. The van der Waals surface area contributed by atoms with Crippen molar-refractivity contribution in [2.75, 3.05) is 5.75 Å². The summed E-state index contributed by atoms with van der Waals surface area (Å²) in [5.41, 5.74) is 0. The minimum Gasteiger partial charge on any atom is -0.449 e. The number of benzene rings is 1. The number of rotatable bonds is 6. The maximum Gasteiger partial charge on any atom is 0.317 e. The lowest BCUT2D eigenvalue weighted by molar-refractivity contribution is -0.143. The molecule has 1 aromatic carbocycles. The number of hydrogen-bond donors (Lipinski definition) is 0. The monoisotopic (exact) mass is 290 g/mol. The van der Waals surface area contributed by atoms with E-state index in [1.807, 2.05) is 37.3 Å². The summed E-state index contributed by atoms with van der Waals surface area (Å²) in [4.78, 5) is 12.9. The fourth-order valence-electron chi connectivity index (χ4n) is 1.63. The zero-order chi connectivity index (χ0) is 14.8. The molecule has 0 aliphatic rings. The van der Waals surface area contributed by atoms with Gasteiger partial charge in [0.25, 0.3) is 0 Å². The predicted molar refractivity (Wildman–Crippen MR) is 84.6 cm³/mol. The van der Waals surface area contributed by atoms with E-state index in [1.54, 1.807) is 0 Å². The molecule has 1 atom stereocenters. The van der Waals surface area contributed by atoms with E-state index in [0.29, 0.717) is 11.7 Å². The Kier molecular flexibility index (Phi) is 7.91. The van der Waals surface area contributed by atoms with Gasteiger partial charge in [0.1, 0.15) is 0 Å². The SMILES string of the molecule is CCC#CC(CC(C)C)OC(=O)CSc1ccccc1. The van der Waals surface area contributed by atoms with Gasteiger partial charge in [-0.05, 0) is 24.5 Å². The molecule has 0 saturated heterocycles. The molecule has 0 aliphatic heterocycles. The number of carbonyl (C=O) groups excluding carboxylic acids is 1. The van der Waals surface area contributed by atoms with Gasteiger partial charge in [-0.15, -0.1) is 11.8 Å². The molecule has 20 heavy (non-hydrogen) atoms. The third-order valence-electron chi connectivity index (χ3n) is 2.50. The topological polar surface area (TPSA) is 26.3 Å². The fraction of sp³-hybridized carbons (Fsp3) is 0.471. The van der Waals surface area contributed by atoms with Crippen molar-refractivity contribution in [2.24, 2.45) is 5.92 Å². The Morgan fingerprint density at radius 2 is 2.00 bits per heavy atom. The molecular weight excluding hydrogens is 268 g/mol. The van der Waals surface area contributed by atoms with Crippen LogP contribution in [0.4, 0.5) is 0 Å². The van der Waals surface area contributed by atoms with Gasteiger partial charge in [0.05, 0.1) is 5.75 Å². The van der Waals surface area contributed by atoms with Crippen LogP contribution in [-0.2, 0) is 9.53 Å².